The van der Waals surface area contributed by atoms with Crippen molar-refractivity contribution in [2.45, 2.75) is 13.0 Å². The van der Waals surface area contributed by atoms with Crippen molar-refractivity contribution < 1.29 is 38.8 Å². The molecule has 2 N–H and O–H groups in total. The van der Waals surface area contributed by atoms with Gasteiger partial charge in [-0.2, -0.15) is 0 Å². The Morgan fingerprint density at radius 2 is 2.00 bits per heavy atom. The van der Waals surface area contributed by atoms with Gasteiger partial charge in [0.15, 0.2) is 0 Å². The van der Waals surface area contributed by atoms with Gasteiger partial charge in [0.1, 0.15) is 6.10 Å². The Hall–Kier alpha value is 0.170. The number of carbonyl (C=O) groups is 1. The fourth-order valence-corrected chi connectivity index (χ4v) is 0. The predicted octanol–water partition coefficient (Wildman–Crippen LogP) is -0.438. The summed E-state index contributed by atoms with van der Waals surface area (Å²) in [5, 5.41) is 15.8. The van der Waals surface area contributed by atoms with Crippen LogP contribution in [0.4, 0.5) is 0 Å². The van der Waals surface area contributed by atoms with Crippen LogP contribution in [-0.4, -0.2) is 22.3 Å². The van der Waals surface area contributed by atoms with Gasteiger partial charge in [0.2, 0.25) is 0 Å². The van der Waals surface area contributed by atoms with Crippen molar-refractivity contribution in [2.75, 3.05) is 0 Å². The first-order valence-corrected chi connectivity index (χ1v) is 1.55. The molecule has 0 aliphatic carbocycles. The normalized spacial score (nSPS) is 11.7. The molecule has 4 heteroatoms. The first kappa shape index (κ1) is 10.2. The van der Waals surface area contributed by atoms with Crippen molar-refractivity contribution in [1.29, 1.82) is 0 Å². The predicted molar refractivity (Wildman–Crippen MR) is 20.4 cm³/mol. The Kier molecular flexibility index (Phi) is 6.32. The van der Waals surface area contributed by atoms with Crippen molar-refractivity contribution in [3.05, 3.63) is 0 Å². The van der Waals surface area contributed by atoms with Crippen molar-refractivity contribution in [2.24, 2.45) is 0 Å². The second kappa shape index (κ2) is 4.33. The standard InChI is InChI=1S/C3H6O3.Ag/c1-2(4)3(5)6;/h2,4H,1H3,(H,5,6);/q;+1/p+1. The molecular formula is C3H7AgO3+2. The van der Waals surface area contributed by atoms with Gasteiger partial charge in [-0.3, -0.25) is 0 Å². The monoisotopic (exact) mass is 198 g/mol. The minimum absolute atomic E-state index is 0. The van der Waals surface area contributed by atoms with Gasteiger partial charge >= 0.3 is 29.8 Å². The SMILES string of the molecule is CC(O)C(=O)O.[Ag+].[H+]. The number of aliphatic hydroxyl groups is 1. The molecule has 7 heavy (non-hydrogen) atoms. The summed E-state index contributed by atoms with van der Waals surface area (Å²) < 4.78 is 0. The zero-order valence-electron chi connectivity index (χ0n) is 4.68. The second-order valence-electron chi connectivity index (χ2n) is 1.01. The van der Waals surface area contributed by atoms with E-state index in [9.17, 15) is 4.79 Å². The van der Waals surface area contributed by atoms with Crippen LogP contribution >= 0.6 is 0 Å². The molecular weight excluding hydrogens is 192 g/mol. The van der Waals surface area contributed by atoms with Crippen LogP contribution < -0.4 is 0 Å². The van der Waals surface area contributed by atoms with E-state index in [0.717, 1.165) is 0 Å². The van der Waals surface area contributed by atoms with Gasteiger partial charge in [-0.15, -0.1) is 0 Å². The summed E-state index contributed by atoms with van der Waals surface area (Å²) in [6.07, 6.45) is -1.23. The second-order valence-corrected chi connectivity index (χ2v) is 1.01. The molecule has 0 amide bonds. The van der Waals surface area contributed by atoms with Gasteiger partial charge in [-0.25, -0.2) is 4.79 Å². The van der Waals surface area contributed by atoms with E-state index in [4.69, 9.17) is 10.2 Å². The topological polar surface area (TPSA) is 57.5 Å². The molecule has 0 spiro atoms. The zero-order chi connectivity index (χ0) is 5.15. The van der Waals surface area contributed by atoms with Gasteiger partial charge in [0.05, 0.1) is 0 Å². The summed E-state index contributed by atoms with van der Waals surface area (Å²) >= 11 is 0. The first-order valence-electron chi connectivity index (χ1n) is 1.55. The average molecular weight is 199 g/mol. The molecule has 0 bridgehead atoms. The third-order valence-electron chi connectivity index (χ3n) is 0.357. The molecule has 0 aromatic heterocycles. The number of hydrogen-bond acceptors (Lipinski definition) is 2. The summed E-state index contributed by atoms with van der Waals surface area (Å²) in [5.41, 5.74) is 0. The minimum Gasteiger partial charge on any atom is -0.479 e. The van der Waals surface area contributed by atoms with Crippen LogP contribution in [0.2, 0.25) is 0 Å². The molecule has 0 fully saturated rings. The van der Waals surface area contributed by atoms with E-state index in [2.05, 4.69) is 0 Å². The molecule has 1 atom stereocenters. The number of carboxylic acids is 1. The molecule has 0 aromatic rings. The van der Waals surface area contributed by atoms with Crippen LogP contribution in [0.25, 0.3) is 0 Å². The van der Waals surface area contributed by atoms with Crippen molar-refractivity contribution >= 4 is 5.97 Å². The van der Waals surface area contributed by atoms with Crippen LogP contribution in [0.3, 0.4) is 0 Å². The molecule has 0 radical (unpaired) electrons. The number of hydrogen-bond donors (Lipinski definition) is 2. The molecule has 3 nitrogen and oxygen atoms in total. The van der Waals surface area contributed by atoms with E-state index in [1.54, 1.807) is 0 Å². The smallest absolute Gasteiger partial charge is 0.479 e. The average Bonchev–Trinajstić information content (AvgIpc) is 1.36. The third-order valence-corrected chi connectivity index (χ3v) is 0.357. The van der Waals surface area contributed by atoms with Crippen LogP contribution in [0.1, 0.15) is 8.35 Å². The fraction of sp³-hybridized carbons (Fsp3) is 0.667. The summed E-state index contributed by atoms with van der Waals surface area (Å²) in [4.78, 5) is 9.45. The summed E-state index contributed by atoms with van der Waals surface area (Å²) in [6, 6.07) is 0. The Balaban J connectivity index is -0.000000125. The van der Waals surface area contributed by atoms with Gasteiger partial charge < -0.3 is 10.2 Å². The van der Waals surface area contributed by atoms with Crippen LogP contribution in [0.5, 0.6) is 0 Å². The van der Waals surface area contributed by atoms with E-state index >= 15 is 0 Å². The van der Waals surface area contributed by atoms with Crippen LogP contribution in [0.15, 0.2) is 0 Å². The maximum Gasteiger partial charge on any atom is 1.00 e. The molecule has 0 aromatic carbocycles. The Morgan fingerprint density at radius 1 is 1.86 bits per heavy atom. The molecule has 0 rings (SSSR count). The number of aliphatic carboxylic acids is 1. The van der Waals surface area contributed by atoms with E-state index in [0.29, 0.717) is 0 Å². The van der Waals surface area contributed by atoms with Gasteiger partial charge in [0, 0.05) is 0 Å². The third kappa shape index (κ3) is 6.17. The first-order chi connectivity index (χ1) is 2.64. The van der Waals surface area contributed by atoms with Gasteiger partial charge in [-0.1, -0.05) is 0 Å². The van der Waals surface area contributed by atoms with E-state index in [1.807, 2.05) is 0 Å². The molecule has 46 valence electrons. The number of rotatable bonds is 1. The van der Waals surface area contributed by atoms with Gasteiger partial charge in [-0.05, 0) is 6.92 Å². The van der Waals surface area contributed by atoms with Crippen molar-refractivity contribution in [3.8, 4) is 0 Å². The molecule has 1 unspecified atom stereocenters. The van der Waals surface area contributed by atoms with Crippen LogP contribution in [0, 0.1) is 0 Å². The summed E-state index contributed by atoms with van der Waals surface area (Å²) in [6.45, 7) is 1.20. The fourth-order valence-electron chi connectivity index (χ4n) is 0. The summed E-state index contributed by atoms with van der Waals surface area (Å²) in [7, 11) is 0. The van der Waals surface area contributed by atoms with Crippen molar-refractivity contribution in [1.82, 2.24) is 0 Å². The quantitative estimate of drug-likeness (QED) is 0.563. The maximum absolute atomic E-state index is 9.45. The van der Waals surface area contributed by atoms with E-state index in [-0.39, 0.29) is 23.8 Å². The summed E-state index contributed by atoms with van der Waals surface area (Å²) in [5.74, 6) is -1.19. The minimum atomic E-state index is -1.23. The Labute approximate surface area is 58.3 Å². The van der Waals surface area contributed by atoms with Gasteiger partial charge in [0.25, 0.3) is 0 Å². The van der Waals surface area contributed by atoms with Crippen LogP contribution in [-0.2, 0) is 27.2 Å². The van der Waals surface area contributed by atoms with Crippen molar-refractivity contribution in [3.63, 3.8) is 0 Å². The Morgan fingerprint density at radius 3 is 2.00 bits per heavy atom. The maximum atomic E-state index is 9.45. The number of aliphatic hydroxyl groups excluding tert-OH is 1. The molecule has 0 saturated carbocycles. The Bertz CT molecular complexity index is 65.5. The number of carboxylic acid groups (broad SMARTS) is 1. The largest absolute Gasteiger partial charge is 1.00 e. The molecule has 0 heterocycles. The zero-order valence-corrected chi connectivity index (χ0v) is 5.16. The van der Waals surface area contributed by atoms with E-state index < -0.39 is 12.1 Å². The molecule has 0 saturated heterocycles. The molecule has 0 aliphatic heterocycles. The van der Waals surface area contributed by atoms with E-state index in [1.165, 1.54) is 6.92 Å². The molecule has 0 aliphatic rings.